The van der Waals surface area contributed by atoms with Gasteiger partial charge in [-0.15, -0.1) is 0 Å². The van der Waals surface area contributed by atoms with Gasteiger partial charge in [-0.25, -0.2) is 4.98 Å². The van der Waals surface area contributed by atoms with E-state index in [0.717, 1.165) is 26.1 Å². The van der Waals surface area contributed by atoms with E-state index >= 15 is 0 Å². The predicted octanol–water partition coefficient (Wildman–Crippen LogP) is 2.49. The Balaban J connectivity index is 1.86. The van der Waals surface area contributed by atoms with Gasteiger partial charge in [-0.3, -0.25) is 4.79 Å². The minimum absolute atomic E-state index is 0.00759. The van der Waals surface area contributed by atoms with Crippen molar-refractivity contribution >= 4 is 23.2 Å². The summed E-state index contributed by atoms with van der Waals surface area (Å²) in [6, 6.07) is 3.49. The summed E-state index contributed by atoms with van der Waals surface area (Å²) in [7, 11) is 0. The third-order valence-electron chi connectivity index (χ3n) is 2.85. The molecule has 1 fully saturated rings. The average Bonchev–Trinajstić information content (AvgIpc) is 2.33. The summed E-state index contributed by atoms with van der Waals surface area (Å²) in [5, 5.41) is 3.11. The number of amides is 1. The zero-order valence-corrected chi connectivity index (χ0v) is 10.2. The third-order valence-corrected chi connectivity index (χ3v) is 3.15. The summed E-state index contributed by atoms with van der Waals surface area (Å²) in [4.78, 5) is 15.7. The number of pyridine rings is 1. The lowest BCUT2D eigenvalue weighted by atomic mass is 9.96. The molecule has 0 saturated carbocycles. The van der Waals surface area contributed by atoms with Crippen molar-refractivity contribution in [2.45, 2.75) is 19.3 Å². The molecule has 0 aromatic carbocycles. The zero-order chi connectivity index (χ0) is 12.1. The van der Waals surface area contributed by atoms with E-state index in [1.165, 1.54) is 0 Å². The van der Waals surface area contributed by atoms with Crippen molar-refractivity contribution in [2.75, 3.05) is 18.5 Å². The number of rotatable bonds is 3. The van der Waals surface area contributed by atoms with Gasteiger partial charge < -0.3 is 10.1 Å². The lowest BCUT2D eigenvalue weighted by Crippen LogP contribution is -2.22. The van der Waals surface area contributed by atoms with Gasteiger partial charge in [0, 0.05) is 25.8 Å². The molecule has 1 aromatic heterocycles. The second-order valence-electron chi connectivity index (χ2n) is 4.15. The van der Waals surface area contributed by atoms with Gasteiger partial charge in [0.2, 0.25) is 5.91 Å². The van der Waals surface area contributed by atoms with E-state index in [2.05, 4.69) is 10.3 Å². The molecule has 4 nitrogen and oxygen atoms in total. The van der Waals surface area contributed by atoms with Crippen LogP contribution in [0.3, 0.4) is 0 Å². The van der Waals surface area contributed by atoms with E-state index in [9.17, 15) is 4.79 Å². The summed E-state index contributed by atoms with van der Waals surface area (Å²) < 4.78 is 5.26. The quantitative estimate of drug-likeness (QED) is 0.844. The first-order valence-electron chi connectivity index (χ1n) is 5.74. The lowest BCUT2D eigenvalue weighted by Gasteiger charge is -2.21. The first-order chi connectivity index (χ1) is 8.25. The van der Waals surface area contributed by atoms with Crippen molar-refractivity contribution in [3.63, 3.8) is 0 Å². The fraction of sp³-hybridized carbons (Fsp3) is 0.500. The Labute approximate surface area is 105 Å². The van der Waals surface area contributed by atoms with Crippen LogP contribution < -0.4 is 5.32 Å². The van der Waals surface area contributed by atoms with Crippen molar-refractivity contribution in [1.82, 2.24) is 4.98 Å². The maximum atomic E-state index is 11.8. The van der Waals surface area contributed by atoms with Crippen LogP contribution in [0.4, 0.5) is 5.69 Å². The number of anilines is 1. The Morgan fingerprint density at radius 3 is 3.00 bits per heavy atom. The van der Waals surface area contributed by atoms with E-state index in [1.54, 1.807) is 18.3 Å². The third kappa shape index (κ3) is 3.68. The molecule has 1 aromatic rings. The SMILES string of the molecule is O=C(CC1CCOCC1)Nc1cccnc1Cl. The second-order valence-corrected chi connectivity index (χ2v) is 4.51. The van der Waals surface area contributed by atoms with Gasteiger partial charge in [-0.05, 0) is 30.9 Å². The zero-order valence-electron chi connectivity index (χ0n) is 9.49. The fourth-order valence-corrected chi connectivity index (χ4v) is 2.06. The summed E-state index contributed by atoms with van der Waals surface area (Å²) >= 11 is 5.87. The molecule has 1 amide bonds. The van der Waals surface area contributed by atoms with Gasteiger partial charge >= 0.3 is 0 Å². The number of ether oxygens (including phenoxy) is 1. The van der Waals surface area contributed by atoms with Crippen molar-refractivity contribution in [3.05, 3.63) is 23.5 Å². The van der Waals surface area contributed by atoms with E-state index in [-0.39, 0.29) is 5.91 Å². The molecular weight excluding hydrogens is 240 g/mol. The molecule has 2 heterocycles. The molecule has 0 unspecified atom stereocenters. The number of nitrogens with one attached hydrogen (secondary N) is 1. The number of carbonyl (C=O) groups excluding carboxylic acids is 1. The normalized spacial score (nSPS) is 16.8. The molecule has 0 bridgehead atoms. The van der Waals surface area contributed by atoms with Crippen molar-refractivity contribution in [2.24, 2.45) is 5.92 Å². The standard InChI is InChI=1S/C12H15ClN2O2/c13-12-10(2-1-5-14-12)15-11(16)8-9-3-6-17-7-4-9/h1-2,5,9H,3-4,6-8H2,(H,15,16). The highest BCUT2D eigenvalue weighted by Crippen LogP contribution is 2.21. The number of hydrogen-bond donors (Lipinski definition) is 1. The number of hydrogen-bond acceptors (Lipinski definition) is 3. The van der Waals surface area contributed by atoms with Crippen molar-refractivity contribution in [3.8, 4) is 0 Å². The minimum atomic E-state index is -0.00759. The largest absolute Gasteiger partial charge is 0.381 e. The first-order valence-corrected chi connectivity index (χ1v) is 6.11. The minimum Gasteiger partial charge on any atom is -0.381 e. The highest BCUT2D eigenvalue weighted by Gasteiger charge is 2.17. The van der Waals surface area contributed by atoms with E-state index in [1.807, 2.05) is 0 Å². The van der Waals surface area contributed by atoms with Crippen LogP contribution in [0.5, 0.6) is 0 Å². The smallest absolute Gasteiger partial charge is 0.224 e. The Hall–Kier alpha value is -1.13. The fourth-order valence-electron chi connectivity index (χ4n) is 1.89. The van der Waals surface area contributed by atoms with Gasteiger partial charge in [0.05, 0.1) is 5.69 Å². The molecule has 5 heteroatoms. The molecule has 0 aliphatic carbocycles. The van der Waals surface area contributed by atoms with E-state index in [4.69, 9.17) is 16.3 Å². The summed E-state index contributed by atoms with van der Waals surface area (Å²) in [5.41, 5.74) is 0.575. The molecule has 1 aliphatic rings. The maximum absolute atomic E-state index is 11.8. The average molecular weight is 255 g/mol. The predicted molar refractivity (Wildman–Crippen MR) is 66.0 cm³/mol. The summed E-state index contributed by atoms with van der Waals surface area (Å²) in [5.74, 6) is 0.408. The molecule has 1 aliphatic heterocycles. The number of nitrogens with zero attached hydrogens (tertiary/aromatic N) is 1. The Morgan fingerprint density at radius 2 is 2.29 bits per heavy atom. The van der Waals surface area contributed by atoms with Crippen LogP contribution in [0.2, 0.25) is 5.15 Å². The molecule has 0 radical (unpaired) electrons. The van der Waals surface area contributed by atoms with Crippen LogP contribution in [-0.4, -0.2) is 24.1 Å². The Morgan fingerprint density at radius 1 is 1.53 bits per heavy atom. The van der Waals surface area contributed by atoms with Gasteiger partial charge in [0.1, 0.15) is 0 Å². The summed E-state index contributed by atoms with van der Waals surface area (Å²) in [6.45, 7) is 1.51. The highest BCUT2D eigenvalue weighted by atomic mass is 35.5. The molecule has 17 heavy (non-hydrogen) atoms. The van der Waals surface area contributed by atoms with Crippen LogP contribution in [0, 0.1) is 5.92 Å². The van der Waals surface area contributed by atoms with Gasteiger partial charge in [0.15, 0.2) is 5.15 Å². The van der Waals surface area contributed by atoms with Crippen LogP contribution in [-0.2, 0) is 9.53 Å². The molecule has 2 rings (SSSR count). The molecule has 1 N–H and O–H groups in total. The van der Waals surface area contributed by atoms with Crippen molar-refractivity contribution < 1.29 is 9.53 Å². The Bertz CT molecular complexity index is 392. The molecular formula is C12H15ClN2O2. The monoisotopic (exact) mass is 254 g/mol. The lowest BCUT2D eigenvalue weighted by molar-refractivity contribution is -0.117. The van der Waals surface area contributed by atoms with Gasteiger partial charge in [0.25, 0.3) is 0 Å². The molecule has 1 saturated heterocycles. The van der Waals surface area contributed by atoms with Crippen LogP contribution in [0.1, 0.15) is 19.3 Å². The van der Waals surface area contributed by atoms with Gasteiger partial charge in [-0.2, -0.15) is 0 Å². The number of halogens is 1. The molecule has 0 spiro atoms. The van der Waals surface area contributed by atoms with Crippen LogP contribution >= 0.6 is 11.6 Å². The first kappa shape index (κ1) is 12.3. The van der Waals surface area contributed by atoms with Crippen molar-refractivity contribution in [1.29, 1.82) is 0 Å². The molecule has 92 valence electrons. The molecule has 0 atom stereocenters. The highest BCUT2D eigenvalue weighted by molar-refractivity contribution is 6.32. The van der Waals surface area contributed by atoms with E-state index in [0.29, 0.717) is 23.2 Å². The van der Waals surface area contributed by atoms with Crippen LogP contribution in [0.25, 0.3) is 0 Å². The Kier molecular flexibility index (Phi) is 4.34. The maximum Gasteiger partial charge on any atom is 0.224 e. The van der Waals surface area contributed by atoms with E-state index < -0.39 is 0 Å². The van der Waals surface area contributed by atoms with Crippen LogP contribution in [0.15, 0.2) is 18.3 Å². The topological polar surface area (TPSA) is 51.2 Å². The second kappa shape index (κ2) is 5.98. The van der Waals surface area contributed by atoms with Gasteiger partial charge in [-0.1, -0.05) is 11.6 Å². The number of carbonyl (C=O) groups is 1. The summed E-state index contributed by atoms with van der Waals surface area (Å²) in [6.07, 6.45) is 4.02. The number of aromatic nitrogens is 1.